The van der Waals surface area contributed by atoms with E-state index >= 15 is 0 Å². The van der Waals surface area contributed by atoms with E-state index in [4.69, 9.17) is 0 Å². The van der Waals surface area contributed by atoms with Gasteiger partial charge < -0.3 is 0 Å². The second-order valence-corrected chi connectivity index (χ2v) is 6.68. The third-order valence-corrected chi connectivity index (χ3v) is 4.81. The third-order valence-electron chi connectivity index (χ3n) is 2.77. The minimum Gasteiger partial charge on any atom is -0.293 e. The van der Waals surface area contributed by atoms with Crippen LogP contribution in [0.15, 0.2) is 35.2 Å². The van der Waals surface area contributed by atoms with Crippen LogP contribution >= 0.6 is 23.1 Å². The zero-order valence-electron chi connectivity index (χ0n) is 11.5. The molecule has 118 valence electrons. The van der Waals surface area contributed by atoms with Gasteiger partial charge in [0.25, 0.3) is 0 Å². The van der Waals surface area contributed by atoms with E-state index in [-0.39, 0.29) is 11.3 Å². The normalized spacial score (nSPS) is 10.9. The summed E-state index contributed by atoms with van der Waals surface area (Å²) in [6.07, 6.45) is 2.99. The fourth-order valence-corrected chi connectivity index (χ4v) is 3.51. The number of hydrogen-bond acceptors (Lipinski definition) is 7. The van der Waals surface area contributed by atoms with Gasteiger partial charge in [0.05, 0.1) is 17.9 Å². The van der Waals surface area contributed by atoms with Crippen LogP contribution in [0.25, 0.3) is 0 Å². The Kier molecular flexibility index (Phi) is 4.72. The molecule has 2 aromatic heterocycles. The number of carbonyl (C=O) groups excluding carboxylic acids is 1. The Balaban J connectivity index is 1.60. The molecule has 3 rings (SSSR count). The summed E-state index contributed by atoms with van der Waals surface area (Å²) in [7, 11) is 0. The van der Waals surface area contributed by atoms with Crippen molar-refractivity contribution in [3.05, 3.63) is 53.1 Å². The lowest BCUT2D eigenvalue weighted by Gasteiger charge is -2.01. The predicted octanol–water partition coefficient (Wildman–Crippen LogP) is 2.43. The molecule has 0 saturated carbocycles. The van der Waals surface area contributed by atoms with E-state index in [2.05, 4.69) is 20.3 Å². The van der Waals surface area contributed by atoms with E-state index in [0.717, 1.165) is 28.9 Å². The lowest BCUT2D eigenvalue weighted by molar-refractivity contribution is 0.101. The Morgan fingerprint density at radius 2 is 2.17 bits per heavy atom. The van der Waals surface area contributed by atoms with Gasteiger partial charge in [0.1, 0.15) is 29.3 Å². The number of benzene rings is 1. The maximum absolute atomic E-state index is 13.5. The van der Waals surface area contributed by atoms with Crippen LogP contribution in [0.4, 0.5) is 8.78 Å². The first kappa shape index (κ1) is 15.7. The smallest absolute Gasteiger partial charge is 0.176 e. The number of rotatable bonds is 6. The molecule has 0 N–H and O–H groups in total. The summed E-state index contributed by atoms with van der Waals surface area (Å²) < 4.78 is 28.6. The molecule has 0 unspecified atom stereocenters. The number of nitrogens with zero attached hydrogens (tertiary/aromatic N) is 5. The van der Waals surface area contributed by atoms with Crippen LogP contribution in [-0.2, 0) is 6.54 Å². The molecule has 10 heteroatoms. The molecule has 3 aromatic rings. The number of ketones is 1. The van der Waals surface area contributed by atoms with Gasteiger partial charge in [0, 0.05) is 6.07 Å². The quantitative estimate of drug-likeness (QED) is 0.501. The first-order valence-corrected chi connectivity index (χ1v) is 8.18. The van der Waals surface area contributed by atoms with E-state index in [0.29, 0.717) is 17.0 Å². The summed E-state index contributed by atoms with van der Waals surface area (Å²) in [6.45, 7) is 0.443. The van der Waals surface area contributed by atoms with E-state index in [1.54, 1.807) is 11.0 Å². The molecule has 0 radical (unpaired) electrons. The van der Waals surface area contributed by atoms with Crippen LogP contribution in [0.3, 0.4) is 0 Å². The first-order valence-electron chi connectivity index (χ1n) is 6.37. The predicted molar refractivity (Wildman–Crippen MR) is 80.4 cm³/mol. The Hall–Kier alpha value is -2.20. The molecular formula is C13H9F2N5OS2. The SMILES string of the molecule is O=C(CSc1nnc(Cn2cncn2)s1)c1ccc(F)cc1F. The van der Waals surface area contributed by atoms with Gasteiger partial charge in [-0.3, -0.25) is 4.79 Å². The van der Waals surface area contributed by atoms with Crippen LogP contribution in [0.2, 0.25) is 0 Å². The van der Waals surface area contributed by atoms with Crippen LogP contribution in [0.5, 0.6) is 0 Å². The molecule has 0 spiro atoms. The summed E-state index contributed by atoms with van der Waals surface area (Å²) in [5, 5.41) is 12.6. The zero-order valence-corrected chi connectivity index (χ0v) is 13.2. The summed E-state index contributed by atoms with van der Waals surface area (Å²) in [5.41, 5.74) is -0.133. The van der Waals surface area contributed by atoms with Crippen molar-refractivity contribution in [2.45, 2.75) is 10.9 Å². The standard InChI is InChI=1S/C13H9F2N5OS2/c14-8-1-2-9(10(15)3-8)11(21)5-22-13-19-18-12(23-13)4-20-7-16-6-17-20/h1-3,6-7H,4-5H2. The second kappa shape index (κ2) is 6.92. The molecule has 23 heavy (non-hydrogen) atoms. The molecule has 0 fully saturated rings. The van der Waals surface area contributed by atoms with Gasteiger partial charge in [0.2, 0.25) is 0 Å². The van der Waals surface area contributed by atoms with Crippen molar-refractivity contribution < 1.29 is 13.6 Å². The minimum absolute atomic E-state index is 0.000507. The first-order chi connectivity index (χ1) is 11.1. The Labute approximate surface area is 137 Å². The number of hydrogen-bond donors (Lipinski definition) is 0. The third kappa shape index (κ3) is 3.96. The summed E-state index contributed by atoms with van der Waals surface area (Å²) in [5.74, 6) is -2.01. The van der Waals surface area contributed by atoms with Gasteiger partial charge in [-0.1, -0.05) is 23.1 Å². The molecule has 0 atom stereocenters. The largest absolute Gasteiger partial charge is 0.293 e. The van der Waals surface area contributed by atoms with Gasteiger partial charge in [-0.25, -0.2) is 18.4 Å². The number of halogens is 2. The average Bonchev–Trinajstić information content (AvgIpc) is 3.17. The Morgan fingerprint density at radius 3 is 2.91 bits per heavy atom. The summed E-state index contributed by atoms with van der Waals surface area (Å²) in [4.78, 5) is 15.8. The van der Waals surface area contributed by atoms with E-state index in [9.17, 15) is 13.6 Å². The van der Waals surface area contributed by atoms with Gasteiger partial charge in [-0.05, 0) is 12.1 Å². The van der Waals surface area contributed by atoms with Gasteiger partial charge in [-0.2, -0.15) is 5.10 Å². The highest BCUT2D eigenvalue weighted by Crippen LogP contribution is 2.24. The number of Topliss-reactive ketones (excluding diaryl/α,β-unsaturated/α-hetero) is 1. The molecule has 0 bridgehead atoms. The zero-order chi connectivity index (χ0) is 16.2. The van der Waals surface area contributed by atoms with Crippen LogP contribution in [0.1, 0.15) is 15.4 Å². The fraction of sp³-hybridized carbons (Fsp3) is 0.154. The number of thioether (sulfide) groups is 1. The molecular weight excluding hydrogens is 344 g/mol. The van der Waals surface area contributed by atoms with Crippen molar-refractivity contribution in [1.82, 2.24) is 25.0 Å². The van der Waals surface area contributed by atoms with Crippen LogP contribution < -0.4 is 0 Å². The number of carbonyl (C=O) groups is 1. The Bertz CT molecular complexity index is 822. The van der Waals surface area contributed by atoms with Crippen molar-refractivity contribution in [2.24, 2.45) is 0 Å². The summed E-state index contributed by atoms with van der Waals surface area (Å²) in [6, 6.07) is 2.89. The highest BCUT2D eigenvalue weighted by Gasteiger charge is 2.14. The second-order valence-electron chi connectivity index (χ2n) is 4.39. The van der Waals surface area contributed by atoms with Crippen molar-refractivity contribution >= 4 is 28.9 Å². The van der Waals surface area contributed by atoms with Crippen LogP contribution in [-0.4, -0.2) is 36.5 Å². The molecule has 0 saturated heterocycles. The molecule has 0 aliphatic heterocycles. The molecule has 0 amide bonds. The van der Waals surface area contributed by atoms with E-state index < -0.39 is 17.4 Å². The lowest BCUT2D eigenvalue weighted by Crippen LogP contribution is -2.05. The van der Waals surface area contributed by atoms with Crippen molar-refractivity contribution in [2.75, 3.05) is 5.75 Å². The van der Waals surface area contributed by atoms with Crippen molar-refractivity contribution in [3.63, 3.8) is 0 Å². The lowest BCUT2D eigenvalue weighted by atomic mass is 10.1. The topological polar surface area (TPSA) is 73.6 Å². The highest BCUT2D eigenvalue weighted by atomic mass is 32.2. The maximum Gasteiger partial charge on any atom is 0.176 e. The summed E-state index contributed by atoms with van der Waals surface area (Å²) >= 11 is 2.48. The monoisotopic (exact) mass is 353 g/mol. The number of aromatic nitrogens is 5. The van der Waals surface area contributed by atoms with Crippen molar-refractivity contribution in [3.8, 4) is 0 Å². The molecule has 0 aliphatic carbocycles. The molecule has 1 aromatic carbocycles. The van der Waals surface area contributed by atoms with Gasteiger partial charge in [-0.15, -0.1) is 10.2 Å². The van der Waals surface area contributed by atoms with E-state index in [1.807, 2.05) is 0 Å². The molecule has 2 heterocycles. The molecule has 6 nitrogen and oxygen atoms in total. The van der Waals surface area contributed by atoms with Crippen LogP contribution in [0, 0.1) is 11.6 Å². The highest BCUT2D eigenvalue weighted by molar-refractivity contribution is 8.01. The maximum atomic E-state index is 13.5. The Morgan fingerprint density at radius 1 is 1.30 bits per heavy atom. The molecule has 0 aliphatic rings. The minimum atomic E-state index is -0.861. The van der Waals surface area contributed by atoms with E-state index in [1.165, 1.54) is 17.7 Å². The van der Waals surface area contributed by atoms with Gasteiger partial charge in [0.15, 0.2) is 10.1 Å². The fourth-order valence-electron chi connectivity index (χ4n) is 1.73. The average molecular weight is 353 g/mol. The van der Waals surface area contributed by atoms with Gasteiger partial charge >= 0.3 is 0 Å². The van der Waals surface area contributed by atoms with Crippen molar-refractivity contribution in [1.29, 1.82) is 0 Å².